The van der Waals surface area contributed by atoms with Crippen molar-refractivity contribution in [2.24, 2.45) is 0 Å². The van der Waals surface area contributed by atoms with E-state index in [4.69, 9.17) is 0 Å². The summed E-state index contributed by atoms with van der Waals surface area (Å²) in [6.45, 7) is 27.2. The molecule has 4 heteroatoms. The zero-order valence-electron chi connectivity index (χ0n) is 53.2. The monoisotopic (exact) mass is 1500 g/mol. The Balaban J connectivity index is 0.000000198. The Hall–Kier alpha value is -5.22. The van der Waals surface area contributed by atoms with Crippen LogP contribution < -0.4 is 24.8 Å². The van der Waals surface area contributed by atoms with Crippen molar-refractivity contribution in [3.63, 3.8) is 0 Å². The van der Waals surface area contributed by atoms with Crippen LogP contribution in [0.4, 0.5) is 0 Å². The molecule has 0 fully saturated rings. The molecule has 0 spiro atoms. The van der Waals surface area contributed by atoms with E-state index in [-0.39, 0.29) is 46.5 Å². The van der Waals surface area contributed by atoms with Gasteiger partial charge in [0.15, 0.2) is 0 Å². The van der Waals surface area contributed by atoms with E-state index in [0.717, 1.165) is 51.4 Å². The number of allylic oxidation sites excluding steroid dienone is 8. The third kappa shape index (κ3) is 22.7. The first-order chi connectivity index (χ1) is 40.0. The maximum absolute atomic E-state index is 3.67. The summed E-state index contributed by atoms with van der Waals surface area (Å²) < 4.78 is 3.30. The predicted molar refractivity (Wildman–Crippen MR) is 356 cm³/mol. The minimum atomic E-state index is 0. The molecule has 8 aromatic rings. The fraction of sp³-hybridized carbons (Fsp3) is 0.293. The summed E-state index contributed by atoms with van der Waals surface area (Å²) in [7, 11) is 0. The minimum absolute atomic E-state index is 0. The fourth-order valence-corrected chi connectivity index (χ4v) is 13.2. The van der Waals surface area contributed by atoms with Crippen LogP contribution >= 0.6 is 0 Å². The number of halogens is 2. The Morgan fingerprint density at radius 1 is 0.360 bits per heavy atom. The molecule has 0 heterocycles. The summed E-state index contributed by atoms with van der Waals surface area (Å²) in [6.07, 6.45) is 26.6. The van der Waals surface area contributed by atoms with Crippen LogP contribution in [0.25, 0.3) is 22.3 Å². The average Bonchev–Trinajstić information content (AvgIpc) is 2.14. The molecular formula is C82H88Cl2Hf2-2. The molecule has 0 amide bonds. The van der Waals surface area contributed by atoms with E-state index in [9.17, 15) is 0 Å². The molecule has 0 bridgehead atoms. The Morgan fingerprint density at radius 3 is 0.884 bits per heavy atom. The molecule has 0 saturated heterocycles. The van der Waals surface area contributed by atoms with Crippen LogP contribution in [0, 0.1) is 24.3 Å². The molecule has 12 rings (SSSR count). The second-order valence-electron chi connectivity index (χ2n) is 26.5. The number of benzene rings is 8. The molecule has 440 valence electrons. The Morgan fingerprint density at radius 2 is 0.651 bits per heavy atom. The van der Waals surface area contributed by atoms with Crippen LogP contribution in [0.2, 0.25) is 0 Å². The molecule has 86 heavy (non-hydrogen) atoms. The second kappa shape index (κ2) is 33.9. The van der Waals surface area contributed by atoms with E-state index in [2.05, 4.69) is 302 Å². The first-order valence-corrected chi connectivity index (χ1v) is 33.7. The van der Waals surface area contributed by atoms with E-state index in [1.54, 1.807) is 6.51 Å². The summed E-state index contributed by atoms with van der Waals surface area (Å²) in [4.78, 5) is 0. The molecule has 0 aliphatic heterocycles. The maximum atomic E-state index is 3.67. The van der Waals surface area contributed by atoms with E-state index in [1.807, 2.05) is 24.3 Å². The molecule has 4 aliphatic carbocycles. The van der Waals surface area contributed by atoms with Crippen molar-refractivity contribution in [3.05, 3.63) is 309 Å². The number of fused-ring (bicyclic) bond motifs is 6. The van der Waals surface area contributed by atoms with Crippen LogP contribution in [0.3, 0.4) is 0 Å². The van der Waals surface area contributed by atoms with Crippen molar-refractivity contribution in [2.75, 3.05) is 0 Å². The van der Waals surface area contributed by atoms with Gasteiger partial charge in [-0.2, -0.15) is 59.7 Å². The van der Waals surface area contributed by atoms with Gasteiger partial charge in [0, 0.05) is 0 Å². The topological polar surface area (TPSA) is 0 Å². The van der Waals surface area contributed by atoms with Gasteiger partial charge in [-0.15, -0.1) is 35.1 Å². The van der Waals surface area contributed by atoms with Crippen LogP contribution in [0.5, 0.6) is 0 Å². The molecule has 0 nitrogen and oxygen atoms in total. The van der Waals surface area contributed by atoms with Gasteiger partial charge in [0.2, 0.25) is 0 Å². The van der Waals surface area contributed by atoms with Gasteiger partial charge in [0.05, 0.1) is 0 Å². The average molecular weight is 1500 g/mol. The van der Waals surface area contributed by atoms with Crippen LogP contribution in [0.15, 0.2) is 218 Å². The van der Waals surface area contributed by atoms with Crippen molar-refractivity contribution < 1.29 is 72.6 Å². The molecule has 0 aromatic heterocycles. The fourth-order valence-electron chi connectivity index (χ4n) is 10.2. The van der Waals surface area contributed by atoms with E-state index >= 15 is 0 Å². The van der Waals surface area contributed by atoms with E-state index in [0.29, 0.717) is 0 Å². The standard InChI is InChI=1S/2C21H25.2C15H14.2C5H5.2ClH.2Hf/c2*1-20(2,3)16-7-9-18-14(12-16)11-15-13-17(21(4,5)6)8-10-19(15)18;2*1-3-8-14(9-4-1)12-7-13-15-10-5-2-6-11-15;2*1-2-4-5-3-1;;;;/h2*7-10,12H,11H2,1-6H3;2*1-6,8-11H,12-13H2;2*1-3H,4H2;2*1H;;/q2*-1;;;2*-1;;;2*+2/p-2. The number of hydrogen-bond acceptors (Lipinski definition) is 0. The SMILES string of the molecule is CC(C)(C)c1[c-]c2c(cc1)-c1ccc(C(C)(C)C)cc1C2.CC(C)(C)c1[c-]c2c(cc1)-c1ccc(C(C)(C)C)cc1C2.[C-]1=CC=CC1.[C-]1=CC=CC1.[Cl-].[Cl-].[Hf+2]=[C](Cc1ccccc1)Cc1ccccc1.[Hf+2]=[C](Cc1ccccc1)Cc1ccccc1. The van der Waals surface area contributed by atoms with Gasteiger partial charge in [0.25, 0.3) is 0 Å². The summed E-state index contributed by atoms with van der Waals surface area (Å²) in [6, 6.07) is 73.3. The zero-order chi connectivity index (χ0) is 60.3. The number of hydrogen-bond donors (Lipinski definition) is 0. The first kappa shape index (κ1) is 71.5. The summed E-state index contributed by atoms with van der Waals surface area (Å²) >= 11 is 2.35. The van der Waals surface area contributed by atoms with Crippen molar-refractivity contribution in [1.29, 1.82) is 0 Å². The van der Waals surface area contributed by atoms with Gasteiger partial charge in [0.1, 0.15) is 0 Å². The normalized spacial score (nSPS) is 12.7. The van der Waals surface area contributed by atoms with Crippen molar-refractivity contribution >= 4 is 6.51 Å². The van der Waals surface area contributed by atoms with Crippen LogP contribution in [0.1, 0.15) is 163 Å². The van der Waals surface area contributed by atoms with Crippen molar-refractivity contribution in [1.82, 2.24) is 0 Å². The molecule has 0 saturated carbocycles. The van der Waals surface area contributed by atoms with Crippen LogP contribution in [-0.4, -0.2) is 6.51 Å². The van der Waals surface area contributed by atoms with Gasteiger partial charge in [-0.3, -0.25) is 12.2 Å². The van der Waals surface area contributed by atoms with Crippen molar-refractivity contribution in [2.45, 2.75) is 156 Å². The van der Waals surface area contributed by atoms with Gasteiger partial charge < -0.3 is 24.8 Å². The summed E-state index contributed by atoms with van der Waals surface area (Å²) in [5, 5.41) is 0. The molecule has 0 atom stereocenters. The van der Waals surface area contributed by atoms with Gasteiger partial charge in [-0.05, 0) is 56.8 Å². The third-order valence-corrected chi connectivity index (χ3v) is 17.7. The van der Waals surface area contributed by atoms with Gasteiger partial charge in [-0.25, -0.2) is 24.3 Å². The molecular weight excluding hydrogens is 1410 g/mol. The molecule has 0 radical (unpaired) electrons. The number of rotatable bonds is 8. The molecule has 4 aliphatic rings. The summed E-state index contributed by atoms with van der Waals surface area (Å²) in [5.74, 6) is 0. The molecule has 0 N–H and O–H groups in total. The first-order valence-electron chi connectivity index (χ1n) is 30.1. The quantitative estimate of drug-likeness (QED) is 0.105. The second-order valence-corrected chi connectivity index (χ2v) is 31.6. The van der Waals surface area contributed by atoms with Gasteiger partial charge >= 0.3 is 224 Å². The van der Waals surface area contributed by atoms with Crippen LogP contribution in [-0.2, 0) is 108 Å². The van der Waals surface area contributed by atoms with Gasteiger partial charge in [-0.1, -0.05) is 131 Å². The summed E-state index contributed by atoms with van der Waals surface area (Å²) in [5.41, 5.74) is 23.1. The zero-order valence-corrected chi connectivity index (χ0v) is 61.9. The van der Waals surface area contributed by atoms with E-state index in [1.165, 1.54) is 137 Å². The predicted octanol–water partition coefficient (Wildman–Crippen LogP) is 14.3. The Bertz CT molecular complexity index is 3070. The van der Waals surface area contributed by atoms with Crippen molar-refractivity contribution in [3.8, 4) is 22.3 Å². The Kier molecular flexibility index (Phi) is 28.2. The Labute approximate surface area is 561 Å². The molecule has 8 aromatic carbocycles. The molecule has 0 unspecified atom stereocenters. The third-order valence-electron chi connectivity index (χ3n) is 15.1. The van der Waals surface area contributed by atoms with E-state index < -0.39 is 0 Å².